The third-order valence-corrected chi connectivity index (χ3v) is 3.17. The number of hydrogen-bond donors (Lipinski definition) is 1. The highest BCUT2D eigenvalue weighted by Gasteiger charge is 2.09. The molecule has 1 N–H and O–H groups in total. The molecule has 0 fully saturated rings. The van der Waals surface area contributed by atoms with Crippen LogP contribution in [0.25, 0.3) is 0 Å². The second-order valence-electron chi connectivity index (χ2n) is 4.01. The summed E-state index contributed by atoms with van der Waals surface area (Å²) in [6.45, 7) is 4.37. The van der Waals surface area contributed by atoms with E-state index in [0.717, 1.165) is 4.47 Å². The highest BCUT2D eigenvalue weighted by molar-refractivity contribution is 9.10. The molecule has 5 heteroatoms. The Balaban J connectivity index is 1.99. The summed E-state index contributed by atoms with van der Waals surface area (Å²) in [5.74, 6) is 1.22. The van der Waals surface area contributed by atoms with Gasteiger partial charge >= 0.3 is 0 Å². The lowest BCUT2D eigenvalue weighted by molar-refractivity contribution is 0.0948. The van der Waals surface area contributed by atoms with E-state index >= 15 is 0 Å². The fourth-order valence-electron chi connectivity index (χ4n) is 1.59. The van der Waals surface area contributed by atoms with Crippen molar-refractivity contribution in [3.05, 3.63) is 65.0 Å². The Morgan fingerprint density at radius 3 is 2.95 bits per heavy atom. The zero-order chi connectivity index (χ0) is 14.4. The second-order valence-corrected chi connectivity index (χ2v) is 4.86. The van der Waals surface area contributed by atoms with Crippen LogP contribution in [0.3, 0.4) is 0 Å². The number of halogens is 1. The van der Waals surface area contributed by atoms with E-state index < -0.39 is 0 Å². The summed E-state index contributed by atoms with van der Waals surface area (Å²) in [4.78, 5) is 12.0. The van der Waals surface area contributed by atoms with Crippen molar-refractivity contribution in [3.63, 3.8) is 0 Å². The van der Waals surface area contributed by atoms with Crippen molar-refractivity contribution in [2.45, 2.75) is 6.54 Å². The summed E-state index contributed by atoms with van der Waals surface area (Å²) in [6, 6.07) is 8.76. The SMILES string of the molecule is C=CCOc1ccc(C(=O)NCc2ccco2)cc1Br. The fraction of sp³-hybridized carbons (Fsp3) is 0.133. The van der Waals surface area contributed by atoms with Gasteiger partial charge in [-0.1, -0.05) is 12.7 Å². The van der Waals surface area contributed by atoms with E-state index in [1.807, 2.05) is 6.07 Å². The van der Waals surface area contributed by atoms with E-state index in [1.165, 1.54) is 0 Å². The first-order valence-electron chi connectivity index (χ1n) is 6.04. The van der Waals surface area contributed by atoms with Crippen LogP contribution in [0.1, 0.15) is 16.1 Å². The Bertz CT molecular complexity index is 593. The van der Waals surface area contributed by atoms with Gasteiger partial charge in [0.15, 0.2) is 0 Å². The van der Waals surface area contributed by atoms with Crippen molar-refractivity contribution in [1.82, 2.24) is 5.32 Å². The van der Waals surface area contributed by atoms with Gasteiger partial charge in [0.1, 0.15) is 18.1 Å². The maximum atomic E-state index is 12.0. The fourth-order valence-corrected chi connectivity index (χ4v) is 2.08. The summed E-state index contributed by atoms with van der Waals surface area (Å²) in [7, 11) is 0. The maximum Gasteiger partial charge on any atom is 0.251 e. The number of furan rings is 1. The molecule has 20 heavy (non-hydrogen) atoms. The lowest BCUT2D eigenvalue weighted by Crippen LogP contribution is -2.22. The van der Waals surface area contributed by atoms with Crippen molar-refractivity contribution < 1.29 is 13.9 Å². The second kappa shape index (κ2) is 6.96. The third kappa shape index (κ3) is 3.74. The number of carbonyl (C=O) groups excluding carboxylic acids is 1. The molecule has 1 aromatic heterocycles. The number of nitrogens with one attached hydrogen (secondary N) is 1. The molecule has 0 aliphatic rings. The molecular weight excluding hydrogens is 322 g/mol. The molecule has 0 spiro atoms. The van der Waals surface area contributed by atoms with Crippen LogP contribution in [-0.4, -0.2) is 12.5 Å². The molecule has 0 bridgehead atoms. The molecule has 0 aliphatic carbocycles. The van der Waals surface area contributed by atoms with E-state index in [-0.39, 0.29) is 5.91 Å². The zero-order valence-corrected chi connectivity index (χ0v) is 12.4. The smallest absolute Gasteiger partial charge is 0.251 e. The topological polar surface area (TPSA) is 51.5 Å². The third-order valence-electron chi connectivity index (χ3n) is 2.55. The van der Waals surface area contributed by atoms with Crippen molar-refractivity contribution in [3.8, 4) is 5.75 Å². The molecule has 1 heterocycles. The summed E-state index contributed by atoms with van der Waals surface area (Å²) in [5.41, 5.74) is 0.550. The number of ether oxygens (including phenoxy) is 1. The van der Waals surface area contributed by atoms with Gasteiger partial charge in [-0.05, 0) is 46.3 Å². The average molecular weight is 336 g/mol. The average Bonchev–Trinajstić information content (AvgIpc) is 2.96. The van der Waals surface area contributed by atoms with Gasteiger partial charge in [-0.2, -0.15) is 0 Å². The Hall–Kier alpha value is -2.01. The molecule has 4 nitrogen and oxygen atoms in total. The maximum absolute atomic E-state index is 12.0. The predicted molar refractivity (Wildman–Crippen MR) is 79.7 cm³/mol. The highest BCUT2D eigenvalue weighted by Crippen LogP contribution is 2.26. The molecule has 0 radical (unpaired) electrons. The predicted octanol–water partition coefficient (Wildman–Crippen LogP) is 3.54. The van der Waals surface area contributed by atoms with E-state index in [1.54, 1.807) is 36.6 Å². The first-order valence-corrected chi connectivity index (χ1v) is 6.84. The number of amides is 1. The molecule has 0 saturated carbocycles. The van der Waals surface area contributed by atoms with Gasteiger partial charge in [0.05, 0.1) is 17.3 Å². The minimum absolute atomic E-state index is 0.169. The lowest BCUT2D eigenvalue weighted by Gasteiger charge is -2.08. The van der Waals surface area contributed by atoms with Crippen LogP contribution in [0.15, 0.2) is 58.1 Å². The molecule has 104 valence electrons. The van der Waals surface area contributed by atoms with Crippen LogP contribution in [0.2, 0.25) is 0 Å². The van der Waals surface area contributed by atoms with Crippen LogP contribution in [0.4, 0.5) is 0 Å². The minimum Gasteiger partial charge on any atom is -0.488 e. The Labute approximate surface area is 125 Å². The van der Waals surface area contributed by atoms with Crippen LogP contribution >= 0.6 is 15.9 Å². The monoisotopic (exact) mass is 335 g/mol. The van der Waals surface area contributed by atoms with Gasteiger partial charge in [-0.25, -0.2) is 0 Å². The normalized spacial score (nSPS) is 10.1. The quantitative estimate of drug-likeness (QED) is 0.821. The first kappa shape index (κ1) is 14.4. The lowest BCUT2D eigenvalue weighted by atomic mass is 10.2. The highest BCUT2D eigenvalue weighted by atomic mass is 79.9. The Kier molecular flexibility index (Phi) is 5.01. The van der Waals surface area contributed by atoms with Crippen LogP contribution in [0.5, 0.6) is 5.75 Å². The Morgan fingerprint density at radius 2 is 2.30 bits per heavy atom. The van der Waals surface area contributed by atoms with Crippen molar-refractivity contribution in [2.75, 3.05) is 6.61 Å². The summed E-state index contributed by atoms with van der Waals surface area (Å²) < 4.78 is 11.3. The molecule has 1 aromatic carbocycles. The molecule has 0 unspecified atom stereocenters. The van der Waals surface area contributed by atoms with Crippen molar-refractivity contribution >= 4 is 21.8 Å². The molecule has 0 saturated heterocycles. The summed E-state index contributed by atoms with van der Waals surface area (Å²) in [5, 5.41) is 2.78. The van der Waals surface area contributed by atoms with Gasteiger partial charge < -0.3 is 14.5 Å². The number of benzene rings is 1. The zero-order valence-electron chi connectivity index (χ0n) is 10.8. The number of hydrogen-bond acceptors (Lipinski definition) is 3. The van der Waals surface area contributed by atoms with E-state index in [0.29, 0.717) is 30.2 Å². The molecule has 0 atom stereocenters. The van der Waals surface area contributed by atoms with Gasteiger partial charge in [0.2, 0.25) is 0 Å². The van der Waals surface area contributed by atoms with Crippen LogP contribution in [-0.2, 0) is 6.54 Å². The molecular formula is C15H14BrNO3. The molecule has 2 aromatic rings. The number of rotatable bonds is 6. The molecule has 1 amide bonds. The van der Waals surface area contributed by atoms with Gasteiger partial charge in [-0.15, -0.1) is 0 Å². The van der Waals surface area contributed by atoms with Crippen LogP contribution < -0.4 is 10.1 Å². The van der Waals surface area contributed by atoms with Crippen molar-refractivity contribution in [1.29, 1.82) is 0 Å². The van der Waals surface area contributed by atoms with Gasteiger partial charge in [0, 0.05) is 5.56 Å². The molecule has 2 rings (SSSR count). The summed E-state index contributed by atoms with van der Waals surface area (Å²) >= 11 is 3.38. The van der Waals surface area contributed by atoms with Gasteiger partial charge in [-0.3, -0.25) is 4.79 Å². The standard InChI is InChI=1S/C15H14BrNO3/c1-2-7-20-14-6-5-11(9-13(14)16)15(18)17-10-12-4-3-8-19-12/h2-6,8-9H,1,7,10H2,(H,17,18). The van der Waals surface area contributed by atoms with E-state index in [9.17, 15) is 4.79 Å². The van der Waals surface area contributed by atoms with Gasteiger partial charge in [0.25, 0.3) is 5.91 Å². The molecule has 0 aliphatic heterocycles. The van der Waals surface area contributed by atoms with Crippen LogP contribution in [0, 0.1) is 0 Å². The van der Waals surface area contributed by atoms with E-state index in [4.69, 9.17) is 9.15 Å². The number of carbonyl (C=O) groups is 1. The first-order chi connectivity index (χ1) is 9.70. The van der Waals surface area contributed by atoms with Crippen molar-refractivity contribution in [2.24, 2.45) is 0 Å². The minimum atomic E-state index is -0.169. The Morgan fingerprint density at radius 1 is 1.45 bits per heavy atom. The van der Waals surface area contributed by atoms with E-state index in [2.05, 4.69) is 27.8 Å². The summed E-state index contributed by atoms with van der Waals surface area (Å²) in [6.07, 6.45) is 3.24. The largest absolute Gasteiger partial charge is 0.488 e.